The van der Waals surface area contributed by atoms with Crippen molar-refractivity contribution in [2.45, 2.75) is 64.8 Å². The third-order valence-electron chi connectivity index (χ3n) is 4.24. The molecule has 0 aliphatic heterocycles. The molecular formula is C14H24FNO2. The molecule has 104 valence electrons. The number of carbonyl (C=O) groups is 1. The fourth-order valence-corrected chi connectivity index (χ4v) is 2.89. The van der Waals surface area contributed by atoms with Gasteiger partial charge in [0, 0.05) is 6.42 Å². The lowest BCUT2D eigenvalue weighted by atomic mass is 9.75. The summed E-state index contributed by atoms with van der Waals surface area (Å²) in [5.74, 6) is 1.56. The summed E-state index contributed by atoms with van der Waals surface area (Å²) in [6, 6.07) is -0.309. The summed E-state index contributed by atoms with van der Waals surface area (Å²) in [5.41, 5.74) is 0. The van der Waals surface area contributed by atoms with Gasteiger partial charge in [0.15, 0.2) is 0 Å². The Hall–Kier alpha value is -0.800. The van der Waals surface area contributed by atoms with Crippen LogP contribution < -0.4 is 5.32 Å². The van der Waals surface area contributed by atoms with Crippen molar-refractivity contribution in [1.82, 2.24) is 5.32 Å². The van der Waals surface area contributed by atoms with E-state index in [1.807, 2.05) is 0 Å². The largest absolute Gasteiger partial charge is 0.446 e. The maximum absolute atomic E-state index is 12.7. The number of alkyl carbamates (subject to hydrolysis) is 1. The Labute approximate surface area is 108 Å². The molecule has 2 aliphatic carbocycles. The monoisotopic (exact) mass is 257 g/mol. The van der Waals surface area contributed by atoms with Crippen LogP contribution in [0.5, 0.6) is 0 Å². The first-order valence-corrected chi connectivity index (χ1v) is 7.08. The first-order valence-electron chi connectivity index (χ1n) is 7.08. The van der Waals surface area contributed by atoms with Crippen LogP contribution in [-0.4, -0.2) is 24.4 Å². The van der Waals surface area contributed by atoms with E-state index in [2.05, 4.69) is 26.1 Å². The second kappa shape index (κ2) is 5.45. The standard InChI is InChI=1S/C14H24FNO2/c1-8(2)10-5-4-9(3)6-13(10)18-14(17)16-12-7-11(12)15/h8-13H,4-7H2,1-3H3,(H,16,17). The highest BCUT2D eigenvalue weighted by molar-refractivity contribution is 5.68. The summed E-state index contributed by atoms with van der Waals surface area (Å²) in [5, 5.41) is 2.59. The van der Waals surface area contributed by atoms with Gasteiger partial charge < -0.3 is 10.1 Å². The Morgan fingerprint density at radius 1 is 1.33 bits per heavy atom. The molecule has 0 spiro atoms. The van der Waals surface area contributed by atoms with Gasteiger partial charge in [-0.1, -0.05) is 27.2 Å². The zero-order chi connectivity index (χ0) is 13.3. The molecule has 2 aliphatic rings. The quantitative estimate of drug-likeness (QED) is 0.842. The molecule has 18 heavy (non-hydrogen) atoms. The molecule has 0 bridgehead atoms. The number of hydrogen-bond acceptors (Lipinski definition) is 2. The molecule has 5 atom stereocenters. The van der Waals surface area contributed by atoms with E-state index in [0.717, 1.165) is 12.8 Å². The van der Waals surface area contributed by atoms with E-state index in [0.29, 0.717) is 24.2 Å². The molecule has 0 aromatic carbocycles. The van der Waals surface area contributed by atoms with E-state index in [9.17, 15) is 9.18 Å². The van der Waals surface area contributed by atoms with Gasteiger partial charge in [0.25, 0.3) is 0 Å². The normalized spacial score (nSPS) is 39.5. The van der Waals surface area contributed by atoms with Crippen molar-refractivity contribution in [3.8, 4) is 0 Å². The minimum absolute atomic E-state index is 0.00874. The summed E-state index contributed by atoms with van der Waals surface area (Å²) in [7, 11) is 0. The topological polar surface area (TPSA) is 38.3 Å². The number of halogens is 1. The van der Waals surface area contributed by atoms with Crippen molar-refractivity contribution >= 4 is 6.09 Å². The van der Waals surface area contributed by atoms with E-state index in [4.69, 9.17) is 4.74 Å². The number of amides is 1. The first kappa shape index (κ1) is 13.6. The third-order valence-corrected chi connectivity index (χ3v) is 4.24. The molecule has 0 radical (unpaired) electrons. The van der Waals surface area contributed by atoms with Crippen molar-refractivity contribution in [2.75, 3.05) is 0 Å². The van der Waals surface area contributed by atoms with Crippen LogP contribution in [0, 0.1) is 17.8 Å². The average Bonchev–Trinajstić information content (AvgIpc) is 2.93. The van der Waals surface area contributed by atoms with Crippen LogP contribution in [-0.2, 0) is 4.74 Å². The SMILES string of the molecule is CC1CCC(C(C)C)C(OC(=O)NC2CC2F)C1. The Morgan fingerprint density at radius 2 is 2.00 bits per heavy atom. The number of rotatable bonds is 3. The number of alkyl halides is 1. The maximum atomic E-state index is 12.7. The molecule has 0 aromatic heterocycles. The van der Waals surface area contributed by atoms with E-state index in [1.54, 1.807) is 0 Å². The molecule has 4 heteroatoms. The lowest BCUT2D eigenvalue weighted by Gasteiger charge is -2.36. The highest BCUT2D eigenvalue weighted by atomic mass is 19.1. The van der Waals surface area contributed by atoms with Gasteiger partial charge in [-0.25, -0.2) is 9.18 Å². The summed E-state index contributed by atoms with van der Waals surface area (Å²) in [6.45, 7) is 6.55. The number of ether oxygens (including phenoxy) is 1. The summed E-state index contributed by atoms with van der Waals surface area (Å²) in [6.07, 6.45) is 2.37. The molecular weight excluding hydrogens is 233 g/mol. The van der Waals surface area contributed by atoms with Gasteiger partial charge in [0.05, 0.1) is 6.04 Å². The molecule has 2 saturated carbocycles. The molecule has 3 nitrogen and oxygen atoms in total. The average molecular weight is 257 g/mol. The van der Waals surface area contributed by atoms with Gasteiger partial charge >= 0.3 is 6.09 Å². The van der Waals surface area contributed by atoms with E-state index >= 15 is 0 Å². The Balaban J connectivity index is 1.85. The fourth-order valence-electron chi connectivity index (χ4n) is 2.89. The van der Waals surface area contributed by atoms with Crippen molar-refractivity contribution in [2.24, 2.45) is 17.8 Å². The smallest absolute Gasteiger partial charge is 0.407 e. The van der Waals surface area contributed by atoms with E-state index < -0.39 is 12.3 Å². The number of carbonyl (C=O) groups excluding carboxylic acids is 1. The Bertz CT molecular complexity index is 308. The van der Waals surface area contributed by atoms with Crippen molar-refractivity contribution in [1.29, 1.82) is 0 Å². The maximum Gasteiger partial charge on any atom is 0.407 e. The Morgan fingerprint density at radius 3 is 2.56 bits per heavy atom. The van der Waals surface area contributed by atoms with Gasteiger partial charge in [-0.3, -0.25) is 0 Å². The predicted molar refractivity (Wildman–Crippen MR) is 68.0 cm³/mol. The number of hydrogen-bond donors (Lipinski definition) is 1. The summed E-state index contributed by atoms with van der Waals surface area (Å²) >= 11 is 0. The van der Waals surface area contributed by atoms with Gasteiger partial charge in [-0.05, 0) is 30.6 Å². The van der Waals surface area contributed by atoms with Crippen molar-refractivity contribution < 1.29 is 13.9 Å². The molecule has 2 fully saturated rings. The second-order valence-corrected chi connectivity index (χ2v) is 6.27. The lowest BCUT2D eigenvalue weighted by molar-refractivity contribution is 0.00581. The molecule has 0 heterocycles. The molecule has 0 saturated heterocycles. The predicted octanol–water partition coefficient (Wildman–Crippen LogP) is 3.28. The van der Waals surface area contributed by atoms with Crippen LogP contribution in [0.1, 0.15) is 46.5 Å². The van der Waals surface area contributed by atoms with Crippen LogP contribution in [0.4, 0.5) is 9.18 Å². The second-order valence-electron chi connectivity index (χ2n) is 6.27. The minimum Gasteiger partial charge on any atom is -0.446 e. The fraction of sp³-hybridized carbons (Fsp3) is 0.929. The van der Waals surface area contributed by atoms with Crippen LogP contribution in [0.15, 0.2) is 0 Å². The highest BCUT2D eigenvalue weighted by Crippen LogP contribution is 2.35. The van der Waals surface area contributed by atoms with Crippen molar-refractivity contribution in [3.63, 3.8) is 0 Å². The summed E-state index contributed by atoms with van der Waals surface area (Å²) < 4.78 is 18.2. The van der Waals surface area contributed by atoms with Crippen LogP contribution in [0.3, 0.4) is 0 Å². The van der Waals surface area contributed by atoms with Gasteiger partial charge in [-0.15, -0.1) is 0 Å². The van der Waals surface area contributed by atoms with Gasteiger partial charge in [0.2, 0.25) is 0 Å². The lowest BCUT2D eigenvalue weighted by Crippen LogP contribution is -2.39. The first-order chi connectivity index (χ1) is 8.47. The molecule has 2 rings (SSSR count). The Kier molecular flexibility index (Phi) is 4.13. The van der Waals surface area contributed by atoms with Gasteiger partial charge in [-0.2, -0.15) is 0 Å². The molecule has 1 amide bonds. The summed E-state index contributed by atoms with van der Waals surface area (Å²) in [4.78, 5) is 11.7. The highest BCUT2D eigenvalue weighted by Gasteiger charge is 2.40. The van der Waals surface area contributed by atoms with Crippen LogP contribution in [0.25, 0.3) is 0 Å². The third kappa shape index (κ3) is 3.36. The number of nitrogens with one attached hydrogen (secondary N) is 1. The van der Waals surface area contributed by atoms with Gasteiger partial charge in [0.1, 0.15) is 12.3 Å². The molecule has 1 N–H and O–H groups in total. The zero-order valence-corrected chi connectivity index (χ0v) is 11.5. The van der Waals surface area contributed by atoms with E-state index in [-0.39, 0.29) is 12.1 Å². The van der Waals surface area contributed by atoms with Crippen molar-refractivity contribution in [3.05, 3.63) is 0 Å². The molecule has 5 unspecified atom stereocenters. The van der Waals surface area contributed by atoms with Crippen LogP contribution in [0.2, 0.25) is 0 Å². The van der Waals surface area contributed by atoms with Crippen LogP contribution >= 0.6 is 0 Å². The minimum atomic E-state index is -0.872. The zero-order valence-electron chi connectivity index (χ0n) is 11.5. The van der Waals surface area contributed by atoms with E-state index in [1.165, 1.54) is 6.42 Å². The molecule has 0 aromatic rings.